The van der Waals surface area contributed by atoms with Gasteiger partial charge in [-0.25, -0.2) is 4.79 Å². The summed E-state index contributed by atoms with van der Waals surface area (Å²) >= 11 is 0. The lowest BCUT2D eigenvalue weighted by molar-refractivity contribution is -0.281. The van der Waals surface area contributed by atoms with Gasteiger partial charge in [-0.2, -0.15) is 4.89 Å². The van der Waals surface area contributed by atoms with Crippen LogP contribution in [0.5, 0.6) is 0 Å². The predicted molar refractivity (Wildman–Crippen MR) is 78.1 cm³/mol. The molecule has 1 aliphatic rings. The first kappa shape index (κ1) is 15.0. The van der Waals surface area contributed by atoms with Crippen LogP contribution in [0.1, 0.15) is 56.8 Å². The van der Waals surface area contributed by atoms with Crippen LogP contribution in [0.4, 0.5) is 0 Å². The zero-order valence-corrected chi connectivity index (χ0v) is 12.6. The van der Waals surface area contributed by atoms with E-state index in [2.05, 4.69) is 20.8 Å². The van der Waals surface area contributed by atoms with Gasteiger partial charge >= 0.3 is 5.97 Å². The molecule has 1 aromatic carbocycles. The molecule has 0 atom stereocenters. The normalized spacial score (nSPS) is 23.4. The molecule has 0 unspecified atom stereocenters. The van der Waals surface area contributed by atoms with Gasteiger partial charge in [0.2, 0.25) is 0 Å². The highest BCUT2D eigenvalue weighted by atomic mass is 17.2. The van der Waals surface area contributed by atoms with Gasteiger partial charge in [-0.05, 0) is 49.1 Å². The van der Waals surface area contributed by atoms with E-state index in [0.717, 1.165) is 31.6 Å². The van der Waals surface area contributed by atoms with Gasteiger partial charge in [-0.15, -0.1) is 0 Å². The van der Waals surface area contributed by atoms with Crippen LogP contribution in [0, 0.1) is 11.3 Å². The Kier molecular flexibility index (Phi) is 4.81. The number of hydrogen-bond acceptors (Lipinski definition) is 3. The van der Waals surface area contributed by atoms with Crippen molar-refractivity contribution in [1.82, 2.24) is 0 Å². The molecule has 0 bridgehead atoms. The van der Waals surface area contributed by atoms with Crippen molar-refractivity contribution >= 4 is 5.97 Å². The third-order valence-corrected chi connectivity index (χ3v) is 4.17. The molecule has 0 aliphatic heterocycles. The molecule has 0 saturated heterocycles. The van der Waals surface area contributed by atoms with Gasteiger partial charge in [-0.1, -0.05) is 39.0 Å². The summed E-state index contributed by atoms with van der Waals surface area (Å²) in [6.07, 6.45) is 4.24. The first-order valence-electron chi connectivity index (χ1n) is 7.39. The maximum absolute atomic E-state index is 11.8. The van der Waals surface area contributed by atoms with Crippen molar-refractivity contribution < 1.29 is 14.6 Å². The topological polar surface area (TPSA) is 35.5 Å². The maximum atomic E-state index is 11.8. The summed E-state index contributed by atoms with van der Waals surface area (Å²) in [5.41, 5.74) is 0.877. The molecule has 0 N–H and O–H groups in total. The minimum Gasteiger partial charge on any atom is -0.293 e. The molecule has 0 amide bonds. The van der Waals surface area contributed by atoms with Crippen LogP contribution in [0.15, 0.2) is 30.3 Å². The summed E-state index contributed by atoms with van der Waals surface area (Å²) < 4.78 is 0. The molecule has 1 aliphatic carbocycles. The Morgan fingerprint density at radius 3 is 2.20 bits per heavy atom. The molecule has 3 heteroatoms. The quantitative estimate of drug-likeness (QED) is 0.607. The molecule has 1 aromatic rings. The van der Waals surface area contributed by atoms with Gasteiger partial charge < -0.3 is 0 Å². The average molecular weight is 276 g/mol. The van der Waals surface area contributed by atoms with E-state index >= 15 is 0 Å². The van der Waals surface area contributed by atoms with E-state index in [4.69, 9.17) is 9.78 Å². The molecule has 3 nitrogen and oxygen atoms in total. The molecule has 2 rings (SSSR count). The van der Waals surface area contributed by atoms with Crippen LogP contribution in [-0.2, 0) is 9.78 Å². The maximum Gasteiger partial charge on any atom is 0.373 e. The smallest absolute Gasteiger partial charge is 0.293 e. The first-order chi connectivity index (χ1) is 9.47. The molecule has 0 spiro atoms. The second-order valence-corrected chi connectivity index (χ2v) is 6.67. The van der Waals surface area contributed by atoms with Gasteiger partial charge in [0.25, 0.3) is 0 Å². The van der Waals surface area contributed by atoms with E-state index in [-0.39, 0.29) is 6.10 Å². The van der Waals surface area contributed by atoms with Crippen molar-refractivity contribution in [2.75, 3.05) is 0 Å². The van der Waals surface area contributed by atoms with Crippen molar-refractivity contribution in [3.8, 4) is 0 Å². The van der Waals surface area contributed by atoms with Gasteiger partial charge in [0, 0.05) is 0 Å². The van der Waals surface area contributed by atoms with Crippen LogP contribution in [0.3, 0.4) is 0 Å². The Hall–Kier alpha value is -1.35. The van der Waals surface area contributed by atoms with Crippen LogP contribution >= 0.6 is 0 Å². The molecule has 110 valence electrons. The molecule has 20 heavy (non-hydrogen) atoms. The van der Waals surface area contributed by atoms with Crippen molar-refractivity contribution in [1.29, 1.82) is 0 Å². The molecule has 0 radical (unpaired) electrons. The van der Waals surface area contributed by atoms with E-state index in [1.165, 1.54) is 0 Å². The lowest BCUT2D eigenvalue weighted by Crippen LogP contribution is -2.29. The average Bonchev–Trinajstić information content (AvgIpc) is 2.45. The van der Waals surface area contributed by atoms with Gasteiger partial charge in [0.15, 0.2) is 0 Å². The van der Waals surface area contributed by atoms with Crippen LogP contribution in [-0.4, -0.2) is 12.1 Å². The van der Waals surface area contributed by atoms with Crippen molar-refractivity contribution in [3.05, 3.63) is 35.9 Å². The first-order valence-corrected chi connectivity index (χ1v) is 7.39. The second-order valence-electron chi connectivity index (χ2n) is 6.67. The Bertz CT molecular complexity index is 425. The number of hydrogen-bond donors (Lipinski definition) is 0. The lowest BCUT2D eigenvalue weighted by atomic mass is 9.72. The van der Waals surface area contributed by atoms with E-state index in [1.807, 2.05) is 18.2 Å². The molecule has 0 heterocycles. The standard InChI is InChI=1S/C17H24O3/c1-17(2,3)14-9-11-15(12-10-14)19-20-16(18)13-7-5-4-6-8-13/h4-8,14-15H,9-12H2,1-3H3. The fourth-order valence-electron chi connectivity index (χ4n) is 2.76. The molecular formula is C17H24O3. The Balaban J connectivity index is 1.75. The van der Waals surface area contributed by atoms with Crippen LogP contribution < -0.4 is 0 Å². The van der Waals surface area contributed by atoms with Gasteiger partial charge in [0.1, 0.15) is 6.10 Å². The minimum absolute atomic E-state index is 0.0428. The number of rotatable bonds is 3. The highest BCUT2D eigenvalue weighted by Crippen LogP contribution is 2.38. The summed E-state index contributed by atoms with van der Waals surface area (Å²) in [6.45, 7) is 6.86. The summed E-state index contributed by atoms with van der Waals surface area (Å²) in [4.78, 5) is 22.0. The number of carbonyl (C=O) groups is 1. The summed E-state index contributed by atoms with van der Waals surface area (Å²) in [7, 11) is 0. The summed E-state index contributed by atoms with van der Waals surface area (Å²) in [6, 6.07) is 8.94. The fourth-order valence-corrected chi connectivity index (χ4v) is 2.76. The third-order valence-electron chi connectivity index (χ3n) is 4.17. The monoisotopic (exact) mass is 276 g/mol. The highest BCUT2D eigenvalue weighted by molar-refractivity contribution is 5.88. The third kappa shape index (κ3) is 4.07. The van der Waals surface area contributed by atoms with E-state index in [0.29, 0.717) is 11.0 Å². The van der Waals surface area contributed by atoms with E-state index < -0.39 is 5.97 Å². The SMILES string of the molecule is CC(C)(C)C1CCC(OOC(=O)c2ccccc2)CC1. The molecule has 1 saturated carbocycles. The van der Waals surface area contributed by atoms with Crippen LogP contribution in [0.25, 0.3) is 0 Å². The van der Waals surface area contributed by atoms with E-state index in [1.54, 1.807) is 12.1 Å². The van der Waals surface area contributed by atoms with Crippen molar-refractivity contribution in [2.24, 2.45) is 11.3 Å². The zero-order chi connectivity index (χ0) is 14.6. The Labute approximate surface area is 121 Å². The fraction of sp³-hybridized carbons (Fsp3) is 0.588. The highest BCUT2D eigenvalue weighted by Gasteiger charge is 2.30. The number of carbonyl (C=O) groups excluding carboxylic acids is 1. The minimum atomic E-state index is -0.413. The summed E-state index contributed by atoms with van der Waals surface area (Å²) in [5, 5.41) is 0. The second kappa shape index (κ2) is 6.40. The zero-order valence-electron chi connectivity index (χ0n) is 12.6. The molecule has 1 fully saturated rings. The summed E-state index contributed by atoms with van der Waals surface area (Å²) in [5.74, 6) is 0.315. The number of benzene rings is 1. The van der Waals surface area contributed by atoms with Crippen molar-refractivity contribution in [3.63, 3.8) is 0 Å². The van der Waals surface area contributed by atoms with Crippen molar-refractivity contribution in [2.45, 2.75) is 52.6 Å². The Morgan fingerprint density at radius 1 is 1.05 bits per heavy atom. The van der Waals surface area contributed by atoms with E-state index in [9.17, 15) is 4.79 Å². The largest absolute Gasteiger partial charge is 0.373 e. The Morgan fingerprint density at radius 2 is 1.65 bits per heavy atom. The predicted octanol–water partition coefficient (Wildman–Crippen LogP) is 4.38. The van der Waals surface area contributed by atoms with Gasteiger partial charge in [-0.3, -0.25) is 4.89 Å². The molecule has 0 aromatic heterocycles. The molecular weight excluding hydrogens is 252 g/mol. The van der Waals surface area contributed by atoms with Gasteiger partial charge in [0.05, 0.1) is 5.56 Å². The lowest BCUT2D eigenvalue weighted by Gasteiger charge is -2.36. The van der Waals surface area contributed by atoms with Crippen LogP contribution in [0.2, 0.25) is 0 Å².